The van der Waals surface area contributed by atoms with Gasteiger partial charge in [-0.3, -0.25) is 32.5 Å². The summed E-state index contributed by atoms with van der Waals surface area (Å²) in [6, 6.07) is 0. The molecule has 0 saturated carbocycles. The van der Waals surface area contributed by atoms with Crippen LogP contribution in [0.1, 0.15) is 149 Å². The number of hydrogen-bond acceptors (Lipinski definition) is 20. The predicted octanol–water partition coefficient (Wildman–Crippen LogP) is 5.45. The maximum atomic E-state index is 13.0. The van der Waals surface area contributed by atoms with E-state index in [0.29, 0.717) is 25.4 Å². The van der Waals surface area contributed by atoms with Crippen LogP contribution in [-0.2, 0) is 60.2 Å². The van der Waals surface area contributed by atoms with Crippen LogP contribution in [0.15, 0.2) is 12.7 Å². The number of aliphatic hydroxyl groups is 2. The number of hydrogen-bond donors (Lipinski definition) is 9. The van der Waals surface area contributed by atoms with Crippen LogP contribution in [0.4, 0.5) is 5.82 Å². The molecule has 2 aromatic rings. The number of carbonyl (C=O) groups excluding carboxylic acids is 3. The maximum Gasteiger partial charge on any atom is 0.481 e. The number of phosphoric ester groups is 3. The number of nitrogen functional groups attached to an aromatic ring is 1. The minimum absolute atomic E-state index is 0.0302. The quantitative estimate of drug-likeness (QED) is 0.0300. The van der Waals surface area contributed by atoms with Crippen molar-refractivity contribution in [1.29, 1.82) is 0 Å². The van der Waals surface area contributed by atoms with Gasteiger partial charge in [-0.1, -0.05) is 122 Å². The lowest BCUT2D eigenvalue weighted by Crippen LogP contribution is -2.46. The SMILES string of the molecule is CCCCCCCCCCCCCCCCCC1(CC(=O)SCCNC(=O)CCNC(=O)[C@H](O)C(C)(C)COP(=O)(O)OP(=O)(O)OC[C@H]2O[C@@H](n3cnc4c(N)ncnc43)[C@H](O)[C@@H]2OP(=O)(O)O)OCCCO1. The van der Waals surface area contributed by atoms with Crippen molar-refractivity contribution in [2.75, 3.05) is 51.0 Å². The molecule has 7 atom stereocenters. The number of aliphatic hydroxyl groups excluding tert-OH is 2. The van der Waals surface area contributed by atoms with Gasteiger partial charge in [0.2, 0.25) is 11.8 Å². The molecule has 4 rings (SSSR count). The number of nitrogens with two attached hydrogens (primary N) is 1. The third-order valence-corrected chi connectivity index (χ3v) is 16.3. The van der Waals surface area contributed by atoms with Crippen molar-refractivity contribution in [3.05, 3.63) is 12.7 Å². The summed E-state index contributed by atoms with van der Waals surface area (Å²) in [7, 11) is -16.5. The van der Waals surface area contributed by atoms with E-state index in [1.54, 1.807) is 0 Å². The second kappa shape index (κ2) is 31.2. The van der Waals surface area contributed by atoms with E-state index in [9.17, 15) is 57.9 Å². The summed E-state index contributed by atoms with van der Waals surface area (Å²) in [5.41, 5.74) is 4.27. The first-order chi connectivity index (χ1) is 35.0. The van der Waals surface area contributed by atoms with Gasteiger partial charge in [0.1, 0.15) is 36.3 Å². The smallest absolute Gasteiger partial charge is 0.386 e. The summed E-state index contributed by atoms with van der Waals surface area (Å²) in [5.74, 6) is -2.11. The van der Waals surface area contributed by atoms with E-state index >= 15 is 0 Å². The van der Waals surface area contributed by atoms with Crippen LogP contribution >= 0.6 is 35.2 Å². The second-order valence-electron chi connectivity index (χ2n) is 19.1. The summed E-state index contributed by atoms with van der Waals surface area (Å²) >= 11 is 1.07. The molecule has 424 valence electrons. The van der Waals surface area contributed by atoms with Gasteiger partial charge in [-0.25, -0.2) is 28.6 Å². The van der Waals surface area contributed by atoms with E-state index in [1.165, 1.54) is 90.9 Å². The molecule has 0 radical (unpaired) electrons. The van der Waals surface area contributed by atoms with Crippen molar-refractivity contribution in [1.82, 2.24) is 30.2 Å². The number of amides is 2. The maximum absolute atomic E-state index is 13.0. The second-order valence-corrected chi connectivity index (χ2v) is 24.5. The fourth-order valence-corrected chi connectivity index (χ4v) is 11.9. The molecular weight excluding hydrogens is 1060 g/mol. The third kappa shape index (κ3) is 22.4. The fraction of sp³-hybridized carbons (Fsp3) is 0.818. The zero-order valence-electron chi connectivity index (χ0n) is 42.5. The summed E-state index contributed by atoms with van der Waals surface area (Å²) in [6.45, 7) is 3.75. The Balaban J connectivity index is 1.10. The zero-order valence-corrected chi connectivity index (χ0v) is 46.0. The van der Waals surface area contributed by atoms with Crippen molar-refractivity contribution in [2.24, 2.45) is 5.41 Å². The molecule has 2 fully saturated rings. The Morgan fingerprint density at radius 2 is 1.47 bits per heavy atom. The van der Waals surface area contributed by atoms with Crippen molar-refractivity contribution in [3.63, 3.8) is 0 Å². The number of nitrogens with one attached hydrogen (secondary N) is 2. The largest absolute Gasteiger partial charge is 0.481 e. The Morgan fingerprint density at radius 1 is 0.878 bits per heavy atom. The van der Waals surface area contributed by atoms with E-state index < -0.39 is 90.3 Å². The van der Waals surface area contributed by atoms with Gasteiger partial charge >= 0.3 is 23.5 Å². The first-order valence-electron chi connectivity index (χ1n) is 25.3. The van der Waals surface area contributed by atoms with Crippen LogP contribution in [0.25, 0.3) is 11.2 Å². The minimum Gasteiger partial charge on any atom is -0.386 e. The van der Waals surface area contributed by atoms with E-state index in [1.807, 2.05) is 0 Å². The number of unbranched alkanes of at least 4 members (excludes halogenated alkanes) is 14. The monoisotopic (exact) mass is 1130 g/mol. The van der Waals surface area contributed by atoms with Crippen LogP contribution in [-0.4, -0.2) is 142 Å². The normalized spacial score (nSPS) is 21.3. The minimum atomic E-state index is -5.59. The van der Waals surface area contributed by atoms with Crippen LogP contribution in [0, 0.1) is 5.41 Å². The molecule has 0 aliphatic carbocycles. The van der Waals surface area contributed by atoms with Crippen LogP contribution < -0.4 is 16.4 Å². The number of rotatable bonds is 37. The first kappa shape index (κ1) is 64.0. The van der Waals surface area contributed by atoms with E-state index in [-0.39, 0.29) is 48.0 Å². The van der Waals surface area contributed by atoms with Crippen molar-refractivity contribution >= 4 is 69.1 Å². The Hall–Kier alpha value is -2.52. The molecule has 2 amide bonds. The summed E-state index contributed by atoms with van der Waals surface area (Å²) < 4.78 is 74.7. The number of phosphoric acid groups is 3. The Morgan fingerprint density at radius 3 is 2.08 bits per heavy atom. The molecule has 26 nitrogen and oxygen atoms in total. The zero-order chi connectivity index (χ0) is 54.4. The van der Waals surface area contributed by atoms with Crippen molar-refractivity contribution in [2.45, 2.75) is 179 Å². The molecule has 4 heterocycles. The lowest BCUT2D eigenvalue weighted by atomic mass is 9.87. The molecule has 74 heavy (non-hydrogen) atoms. The molecule has 30 heteroatoms. The highest BCUT2D eigenvalue weighted by molar-refractivity contribution is 8.13. The number of fused-ring (bicyclic) bond motifs is 1. The van der Waals surface area contributed by atoms with Crippen molar-refractivity contribution in [3.8, 4) is 0 Å². The summed E-state index contributed by atoms with van der Waals surface area (Å²) in [6.07, 6.45) is 13.4. The predicted molar refractivity (Wildman–Crippen MR) is 271 cm³/mol. The number of nitrogens with zero attached hydrogens (tertiary/aromatic N) is 4. The highest BCUT2D eigenvalue weighted by Gasteiger charge is 2.50. The average Bonchev–Trinajstić information content (AvgIpc) is 3.90. The van der Waals surface area contributed by atoms with Gasteiger partial charge in [0.15, 0.2) is 28.6 Å². The highest BCUT2D eigenvalue weighted by atomic mass is 32.2. The number of ether oxygens (including phenoxy) is 3. The van der Waals surface area contributed by atoms with Gasteiger partial charge in [0.05, 0.1) is 39.2 Å². The van der Waals surface area contributed by atoms with Gasteiger partial charge in [-0.15, -0.1) is 0 Å². The van der Waals surface area contributed by atoms with Gasteiger partial charge in [0, 0.05) is 37.1 Å². The molecule has 2 aliphatic rings. The number of imidazole rings is 1. The topological polar surface area (TPSA) is 382 Å². The molecule has 2 aliphatic heterocycles. The van der Waals surface area contributed by atoms with Gasteiger partial charge in [-0.2, -0.15) is 4.31 Å². The lowest BCUT2D eigenvalue weighted by Gasteiger charge is -2.37. The molecule has 2 aromatic heterocycles. The standard InChI is InChI=1S/C44H78N7O19P3S/c1-4-5-6-7-8-9-10-11-12-13-14-15-16-17-18-21-44(64-24-19-25-65-44)27-34(53)74-26-23-46-33(52)20-22-47-41(56)38(55)43(2,3)29-67-73(62,63)70-72(60,61)66-28-32-37(69-71(57,58)59)36(54)42(68-32)51-31-50-35-39(45)48-30-49-40(35)51/h30-32,36-38,42,54-55H,4-29H2,1-3H3,(H,46,52)(H,47,56)(H,60,61)(H,62,63)(H2,45,48,49)(H2,57,58,59)/t32-,36-,37-,38+,42-/m1/s1. The fourth-order valence-electron chi connectivity index (χ4n) is 8.28. The van der Waals surface area contributed by atoms with Crippen LogP contribution in [0.5, 0.6) is 0 Å². The summed E-state index contributed by atoms with van der Waals surface area (Å²) in [5, 5.41) is 26.6. The molecule has 2 unspecified atom stereocenters. The summed E-state index contributed by atoms with van der Waals surface area (Å²) in [4.78, 5) is 89.6. The molecule has 2 saturated heterocycles. The highest BCUT2D eigenvalue weighted by Crippen LogP contribution is 2.61. The first-order valence-corrected chi connectivity index (χ1v) is 30.8. The number of aromatic nitrogens is 4. The molecular formula is C44H78N7O19P3S. The van der Waals surface area contributed by atoms with Crippen LogP contribution in [0.2, 0.25) is 0 Å². The van der Waals surface area contributed by atoms with Gasteiger partial charge in [-0.05, 0) is 12.8 Å². The Labute approximate surface area is 436 Å². The van der Waals surface area contributed by atoms with Gasteiger partial charge < -0.3 is 60.4 Å². The third-order valence-electron chi connectivity index (χ3n) is 12.4. The Kier molecular flexibility index (Phi) is 27.0. The number of thioether (sulfide) groups is 1. The van der Waals surface area contributed by atoms with E-state index in [4.69, 9.17) is 29.0 Å². The molecule has 10 N–H and O–H groups in total. The lowest BCUT2D eigenvalue weighted by molar-refractivity contribution is -0.269. The van der Waals surface area contributed by atoms with Crippen molar-refractivity contribution < 1.29 is 90.0 Å². The molecule has 0 bridgehead atoms. The molecule has 0 spiro atoms. The number of carbonyl (C=O) groups is 3. The van der Waals surface area contributed by atoms with Crippen LogP contribution in [0.3, 0.4) is 0 Å². The average molecular weight is 1130 g/mol. The van der Waals surface area contributed by atoms with E-state index in [0.717, 1.165) is 54.7 Å². The molecule has 0 aromatic carbocycles. The van der Waals surface area contributed by atoms with E-state index in [2.05, 4.69) is 41.3 Å². The Bertz CT molecular complexity index is 2200. The van der Waals surface area contributed by atoms with Gasteiger partial charge in [0.25, 0.3) is 0 Å². The number of anilines is 1.